The van der Waals surface area contributed by atoms with Gasteiger partial charge in [0.15, 0.2) is 0 Å². The van der Waals surface area contributed by atoms with Crippen molar-refractivity contribution in [2.75, 3.05) is 5.32 Å². The number of anilines is 1. The van der Waals surface area contributed by atoms with Gasteiger partial charge in [0.1, 0.15) is 0 Å². The van der Waals surface area contributed by atoms with E-state index in [0.29, 0.717) is 5.56 Å². The van der Waals surface area contributed by atoms with E-state index in [4.69, 9.17) is 0 Å². The van der Waals surface area contributed by atoms with E-state index in [9.17, 15) is 4.79 Å². The number of hydrogen-bond donors (Lipinski definition) is 1. The summed E-state index contributed by atoms with van der Waals surface area (Å²) in [6, 6.07) is 29.1. The van der Waals surface area contributed by atoms with Crippen LogP contribution in [0.25, 0.3) is 16.9 Å². The third-order valence-corrected chi connectivity index (χ3v) is 4.31. The molecular formula is C23H19N3O. The number of aryl methyl sites for hydroxylation is 1. The van der Waals surface area contributed by atoms with Crippen LogP contribution in [0.4, 0.5) is 5.69 Å². The number of benzene rings is 3. The third kappa shape index (κ3) is 3.65. The van der Waals surface area contributed by atoms with Crippen LogP contribution in [0.15, 0.2) is 91.0 Å². The van der Waals surface area contributed by atoms with E-state index in [2.05, 4.69) is 28.6 Å². The number of nitrogens with one attached hydrogen (secondary N) is 1. The van der Waals surface area contributed by atoms with Gasteiger partial charge in [0, 0.05) is 16.8 Å². The van der Waals surface area contributed by atoms with Gasteiger partial charge in [-0.1, -0.05) is 48.5 Å². The van der Waals surface area contributed by atoms with E-state index in [1.165, 1.54) is 0 Å². The van der Waals surface area contributed by atoms with Crippen LogP contribution >= 0.6 is 0 Å². The first kappa shape index (κ1) is 16.8. The number of carbonyl (C=O) groups excluding carboxylic acids is 1. The molecule has 4 rings (SSSR count). The van der Waals surface area contributed by atoms with Crippen LogP contribution in [-0.2, 0) is 0 Å². The Balaban J connectivity index is 1.59. The lowest BCUT2D eigenvalue weighted by Gasteiger charge is -2.10. The summed E-state index contributed by atoms with van der Waals surface area (Å²) < 4.78 is 1.92. The van der Waals surface area contributed by atoms with Crippen LogP contribution in [0.5, 0.6) is 0 Å². The number of hydrogen-bond acceptors (Lipinski definition) is 2. The van der Waals surface area contributed by atoms with Gasteiger partial charge < -0.3 is 5.32 Å². The first-order valence-electron chi connectivity index (χ1n) is 8.80. The molecular weight excluding hydrogens is 334 g/mol. The van der Waals surface area contributed by atoms with Gasteiger partial charge in [-0.15, -0.1) is 0 Å². The van der Waals surface area contributed by atoms with Crippen molar-refractivity contribution in [2.45, 2.75) is 6.92 Å². The van der Waals surface area contributed by atoms with Crippen LogP contribution in [0.2, 0.25) is 0 Å². The molecule has 1 N–H and O–H groups in total. The van der Waals surface area contributed by atoms with Crippen molar-refractivity contribution < 1.29 is 4.79 Å². The molecule has 27 heavy (non-hydrogen) atoms. The zero-order chi connectivity index (χ0) is 18.6. The molecule has 132 valence electrons. The van der Waals surface area contributed by atoms with Gasteiger partial charge in [-0.05, 0) is 49.4 Å². The summed E-state index contributed by atoms with van der Waals surface area (Å²) in [6.07, 6.45) is 0. The number of rotatable bonds is 4. The molecule has 4 nitrogen and oxygen atoms in total. The standard InChI is InChI=1S/C23H19N3O/c1-17-16-22(18-8-4-2-5-9-18)26(25-17)21-14-12-20(13-15-21)24-23(27)19-10-6-3-7-11-19/h2-16H,1H3,(H,24,27). The lowest BCUT2D eigenvalue weighted by atomic mass is 10.1. The molecule has 0 aliphatic carbocycles. The van der Waals surface area contributed by atoms with Crippen molar-refractivity contribution in [3.05, 3.63) is 102 Å². The average molecular weight is 353 g/mol. The minimum absolute atomic E-state index is 0.122. The number of amides is 1. The van der Waals surface area contributed by atoms with E-state index in [0.717, 1.165) is 28.3 Å². The fraction of sp³-hybridized carbons (Fsp3) is 0.0435. The van der Waals surface area contributed by atoms with Crippen molar-refractivity contribution in [3.63, 3.8) is 0 Å². The zero-order valence-corrected chi connectivity index (χ0v) is 15.0. The smallest absolute Gasteiger partial charge is 0.255 e. The Labute approximate surface area is 158 Å². The second-order valence-corrected chi connectivity index (χ2v) is 6.32. The first-order chi connectivity index (χ1) is 13.2. The number of carbonyl (C=O) groups is 1. The molecule has 1 aromatic heterocycles. The molecule has 1 heterocycles. The quantitative estimate of drug-likeness (QED) is 0.555. The molecule has 0 atom stereocenters. The topological polar surface area (TPSA) is 46.9 Å². The fourth-order valence-electron chi connectivity index (χ4n) is 2.99. The highest BCUT2D eigenvalue weighted by Gasteiger charge is 2.10. The van der Waals surface area contributed by atoms with Crippen molar-refractivity contribution in [2.24, 2.45) is 0 Å². The maximum atomic E-state index is 12.3. The Morgan fingerprint density at radius 1 is 0.852 bits per heavy atom. The fourth-order valence-corrected chi connectivity index (χ4v) is 2.99. The normalized spacial score (nSPS) is 10.6. The van der Waals surface area contributed by atoms with E-state index >= 15 is 0 Å². The van der Waals surface area contributed by atoms with Crippen molar-refractivity contribution in [3.8, 4) is 16.9 Å². The predicted octanol–water partition coefficient (Wildman–Crippen LogP) is 5.10. The van der Waals surface area contributed by atoms with Crippen molar-refractivity contribution >= 4 is 11.6 Å². The molecule has 0 fully saturated rings. The maximum absolute atomic E-state index is 12.3. The molecule has 0 saturated carbocycles. The summed E-state index contributed by atoms with van der Waals surface area (Å²) in [5.74, 6) is -0.122. The summed E-state index contributed by atoms with van der Waals surface area (Å²) in [4.78, 5) is 12.3. The second-order valence-electron chi connectivity index (χ2n) is 6.32. The van der Waals surface area contributed by atoms with E-state index in [1.807, 2.05) is 72.3 Å². The third-order valence-electron chi connectivity index (χ3n) is 4.31. The Hall–Kier alpha value is -3.66. The second kappa shape index (κ2) is 7.30. The van der Waals surface area contributed by atoms with Crippen LogP contribution in [0, 0.1) is 6.92 Å². The van der Waals surface area contributed by atoms with Crippen LogP contribution in [0.1, 0.15) is 16.1 Å². The first-order valence-corrected chi connectivity index (χ1v) is 8.80. The van der Waals surface area contributed by atoms with Crippen LogP contribution in [-0.4, -0.2) is 15.7 Å². The maximum Gasteiger partial charge on any atom is 0.255 e. The Bertz CT molecular complexity index is 1050. The van der Waals surface area contributed by atoms with Gasteiger partial charge >= 0.3 is 0 Å². The summed E-state index contributed by atoms with van der Waals surface area (Å²) in [5, 5.41) is 7.54. The molecule has 0 unspecified atom stereocenters. The highest BCUT2D eigenvalue weighted by molar-refractivity contribution is 6.04. The molecule has 0 radical (unpaired) electrons. The highest BCUT2D eigenvalue weighted by atomic mass is 16.1. The lowest BCUT2D eigenvalue weighted by Crippen LogP contribution is -2.11. The molecule has 0 aliphatic heterocycles. The molecule has 1 amide bonds. The van der Waals surface area contributed by atoms with Crippen molar-refractivity contribution in [1.29, 1.82) is 0 Å². The zero-order valence-electron chi connectivity index (χ0n) is 15.0. The monoisotopic (exact) mass is 353 g/mol. The SMILES string of the molecule is Cc1cc(-c2ccccc2)n(-c2ccc(NC(=O)c3ccccc3)cc2)n1. The molecule has 4 heteroatoms. The Morgan fingerprint density at radius 3 is 2.15 bits per heavy atom. The summed E-state index contributed by atoms with van der Waals surface area (Å²) in [5.41, 5.74) is 5.43. The van der Waals surface area contributed by atoms with Gasteiger partial charge in [0.25, 0.3) is 5.91 Å². The molecule has 4 aromatic rings. The number of aromatic nitrogens is 2. The van der Waals surface area contributed by atoms with E-state index in [1.54, 1.807) is 12.1 Å². The molecule has 0 bridgehead atoms. The Morgan fingerprint density at radius 2 is 1.48 bits per heavy atom. The minimum atomic E-state index is -0.122. The van der Waals surface area contributed by atoms with E-state index in [-0.39, 0.29) is 5.91 Å². The largest absolute Gasteiger partial charge is 0.322 e. The van der Waals surface area contributed by atoms with Crippen molar-refractivity contribution in [1.82, 2.24) is 9.78 Å². The minimum Gasteiger partial charge on any atom is -0.322 e. The van der Waals surface area contributed by atoms with Gasteiger partial charge in [-0.3, -0.25) is 4.79 Å². The molecule has 3 aromatic carbocycles. The van der Waals surface area contributed by atoms with Gasteiger partial charge in [-0.2, -0.15) is 5.10 Å². The summed E-state index contributed by atoms with van der Waals surface area (Å²) in [6.45, 7) is 1.98. The van der Waals surface area contributed by atoms with E-state index < -0.39 is 0 Å². The Kier molecular flexibility index (Phi) is 4.54. The van der Waals surface area contributed by atoms with Crippen LogP contribution < -0.4 is 5.32 Å². The highest BCUT2D eigenvalue weighted by Crippen LogP contribution is 2.24. The summed E-state index contributed by atoms with van der Waals surface area (Å²) >= 11 is 0. The predicted molar refractivity (Wildman–Crippen MR) is 108 cm³/mol. The van der Waals surface area contributed by atoms with Gasteiger partial charge in [0.05, 0.1) is 17.1 Å². The molecule has 0 aliphatic rings. The molecule has 0 saturated heterocycles. The lowest BCUT2D eigenvalue weighted by molar-refractivity contribution is 0.102. The van der Waals surface area contributed by atoms with Gasteiger partial charge in [-0.25, -0.2) is 4.68 Å². The van der Waals surface area contributed by atoms with Crippen LogP contribution in [0.3, 0.4) is 0 Å². The summed E-state index contributed by atoms with van der Waals surface area (Å²) in [7, 11) is 0. The van der Waals surface area contributed by atoms with Gasteiger partial charge in [0.2, 0.25) is 0 Å². The number of nitrogens with zero attached hydrogens (tertiary/aromatic N) is 2. The average Bonchev–Trinajstić information content (AvgIpc) is 3.11. The molecule has 0 spiro atoms.